The molecule has 0 aliphatic carbocycles. The van der Waals surface area contributed by atoms with E-state index in [1.54, 1.807) is 6.08 Å². The second kappa shape index (κ2) is 5.20. The number of hydrogen-bond donors (Lipinski definition) is 1. The van der Waals surface area contributed by atoms with Crippen molar-refractivity contribution in [1.29, 1.82) is 0 Å². The predicted octanol–water partition coefficient (Wildman–Crippen LogP) is 2.96. The van der Waals surface area contributed by atoms with E-state index in [-0.39, 0.29) is 12.5 Å². The first-order valence-corrected chi connectivity index (χ1v) is 4.69. The first kappa shape index (κ1) is 11.3. The van der Waals surface area contributed by atoms with Crippen molar-refractivity contribution in [1.82, 2.24) is 0 Å². The molecule has 1 rings (SSSR count). The fraction of sp³-hybridized carbons (Fsp3) is 0.250. The molecule has 1 N–H and O–H groups in total. The molecule has 3 nitrogen and oxygen atoms in total. The Morgan fingerprint density at radius 1 is 1.60 bits per heavy atom. The van der Waals surface area contributed by atoms with E-state index in [0.29, 0.717) is 0 Å². The van der Waals surface area contributed by atoms with Crippen LogP contribution < -0.4 is 0 Å². The number of carbonyl (C=O) groups is 1. The first-order chi connectivity index (χ1) is 7.15. The Kier molecular flexibility index (Phi) is 3.92. The van der Waals surface area contributed by atoms with Crippen molar-refractivity contribution in [2.45, 2.75) is 12.8 Å². The highest BCUT2D eigenvalue weighted by atomic mass is 16.7. The second-order valence-electron chi connectivity index (χ2n) is 3.28. The standard InChI is InChI=1S/C12H14O3/c1-3-10(8-15-12(13)14)11-7-5-4-6-9(11)2/h3-7,10H,1,8H2,2H3,(H,13,14). The van der Waals surface area contributed by atoms with Gasteiger partial charge in [-0.3, -0.25) is 0 Å². The maximum atomic E-state index is 10.3. The molecule has 0 radical (unpaired) electrons. The molecule has 1 aromatic carbocycles. The van der Waals surface area contributed by atoms with E-state index in [1.165, 1.54) is 0 Å². The normalized spacial score (nSPS) is 11.8. The highest BCUT2D eigenvalue weighted by Crippen LogP contribution is 2.20. The van der Waals surface area contributed by atoms with Crippen molar-refractivity contribution < 1.29 is 14.6 Å². The Bertz CT molecular complexity index is 358. The quantitative estimate of drug-likeness (QED) is 0.608. The van der Waals surface area contributed by atoms with Gasteiger partial charge in [-0.05, 0) is 18.1 Å². The summed E-state index contributed by atoms with van der Waals surface area (Å²) in [6.45, 7) is 5.78. The molecule has 0 spiro atoms. The van der Waals surface area contributed by atoms with Crippen LogP contribution in [0.4, 0.5) is 4.79 Å². The van der Waals surface area contributed by atoms with Gasteiger partial charge in [0.05, 0.1) is 0 Å². The monoisotopic (exact) mass is 206 g/mol. The van der Waals surface area contributed by atoms with Crippen LogP contribution in [0.25, 0.3) is 0 Å². The van der Waals surface area contributed by atoms with E-state index < -0.39 is 6.16 Å². The average molecular weight is 206 g/mol. The zero-order chi connectivity index (χ0) is 11.3. The van der Waals surface area contributed by atoms with Crippen molar-refractivity contribution >= 4 is 6.16 Å². The molecule has 0 heterocycles. The lowest BCUT2D eigenvalue weighted by atomic mass is 9.96. The van der Waals surface area contributed by atoms with Crippen LogP contribution in [-0.4, -0.2) is 17.9 Å². The fourth-order valence-electron chi connectivity index (χ4n) is 1.45. The van der Waals surface area contributed by atoms with Crippen LogP contribution in [0.2, 0.25) is 0 Å². The van der Waals surface area contributed by atoms with E-state index in [9.17, 15) is 4.79 Å². The van der Waals surface area contributed by atoms with Crippen LogP contribution in [0.1, 0.15) is 17.0 Å². The summed E-state index contributed by atoms with van der Waals surface area (Å²) in [5, 5.41) is 8.42. The summed E-state index contributed by atoms with van der Waals surface area (Å²) >= 11 is 0. The minimum atomic E-state index is -1.25. The van der Waals surface area contributed by atoms with E-state index in [4.69, 9.17) is 5.11 Å². The van der Waals surface area contributed by atoms with Crippen LogP contribution in [0.15, 0.2) is 36.9 Å². The van der Waals surface area contributed by atoms with Gasteiger partial charge in [0.15, 0.2) is 0 Å². The summed E-state index contributed by atoms with van der Waals surface area (Å²) in [5.74, 6) is -0.0812. The molecule has 0 bridgehead atoms. The van der Waals surface area contributed by atoms with Crippen molar-refractivity contribution in [2.75, 3.05) is 6.61 Å². The third-order valence-corrected chi connectivity index (χ3v) is 2.26. The lowest BCUT2D eigenvalue weighted by Crippen LogP contribution is -2.10. The van der Waals surface area contributed by atoms with E-state index >= 15 is 0 Å². The molecule has 0 saturated carbocycles. The highest BCUT2D eigenvalue weighted by Gasteiger charge is 2.11. The van der Waals surface area contributed by atoms with Gasteiger partial charge in [-0.2, -0.15) is 0 Å². The Morgan fingerprint density at radius 2 is 2.27 bits per heavy atom. The van der Waals surface area contributed by atoms with Gasteiger partial charge in [-0.15, -0.1) is 6.58 Å². The molecule has 1 atom stereocenters. The van der Waals surface area contributed by atoms with Crippen LogP contribution in [0, 0.1) is 6.92 Å². The molecular formula is C12H14O3. The molecule has 0 amide bonds. The molecule has 0 aliphatic rings. The van der Waals surface area contributed by atoms with Gasteiger partial charge in [-0.25, -0.2) is 4.79 Å². The van der Waals surface area contributed by atoms with Crippen molar-refractivity contribution in [3.05, 3.63) is 48.0 Å². The molecular weight excluding hydrogens is 192 g/mol. The molecule has 1 unspecified atom stereocenters. The van der Waals surface area contributed by atoms with Crippen molar-refractivity contribution in [3.8, 4) is 0 Å². The minimum Gasteiger partial charge on any atom is -0.450 e. The summed E-state index contributed by atoms with van der Waals surface area (Å²) in [4.78, 5) is 10.3. The zero-order valence-corrected chi connectivity index (χ0v) is 8.64. The summed E-state index contributed by atoms with van der Waals surface area (Å²) in [6, 6.07) is 7.79. The van der Waals surface area contributed by atoms with E-state index in [1.807, 2.05) is 31.2 Å². The zero-order valence-electron chi connectivity index (χ0n) is 8.64. The molecule has 1 aromatic rings. The molecule has 80 valence electrons. The summed E-state index contributed by atoms with van der Waals surface area (Å²) in [7, 11) is 0. The maximum Gasteiger partial charge on any atom is 0.505 e. The van der Waals surface area contributed by atoms with Crippen LogP contribution in [0.3, 0.4) is 0 Å². The minimum absolute atomic E-state index is 0.0812. The fourth-order valence-corrected chi connectivity index (χ4v) is 1.45. The third kappa shape index (κ3) is 3.13. The number of carboxylic acid groups (broad SMARTS) is 1. The van der Waals surface area contributed by atoms with Gasteiger partial charge < -0.3 is 9.84 Å². The Morgan fingerprint density at radius 3 is 2.80 bits per heavy atom. The molecule has 0 saturated heterocycles. The summed E-state index contributed by atoms with van der Waals surface area (Å²) in [6.07, 6.45) is 0.445. The third-order valence-electron chi connectivity index (χ3n) is 2.26. The van der Waals surface area contributed by atoms with Crippen LogP contribution >= 0.6 is 0 Å². The lowest BCUT2D eigenvalue weighted by Gasteiger charge is -2.14. The number of benzene rings is 1. The van der Waals surface area contributed by atoms with Gasteiger partial charge in [-0.1, -0.05) is 30.3 Å². The van der Waals surface area contributed by atoms with Gasteiger partial charge in [0.1, 0.15) is 6.61 Å². The second-order valence-corrected chi connectivity index (χ2v) is 3.28. The lowest BCUT2D eigenvalue weighted by molar-refractivity contribution is 0.0893. The first-order valence-electron chi connectivity index (χ1n) is 4.69. The van der Waals surface area contributed by atoms with Gasteiger partial charge in [0, 0.05) is 5.92 Å². The Labute approximate surface area is 89.0 Å². The van der Waals surface area contributed by atoms with Crippen molar-refractivity contribution in [2.24, 2.45) is 0 Å². The number of aryl methyl sites for hydroxylation is 1. The number of ether oxygens (including phenoxy) is 1. The summed E-state index contributed by atoms with van der Waals surface area (Å²) < 4.78 is 4.55. The molecule has 3 heteroatoms. The van der Waals surface area contributed by atoms with Crippen LogP contribution in [-0.2, 0) is 4.74 Å². The van der Waals surface area contributed by atoms with Crippen LogP contribution in [0.5, 0.6) is 0 Å². The van der Waals surface area contributed by atoms with Gasteiger partial charge in [0.25, 0.3) is 0 Å². The Balaban J connectivity index is 2.78. The topological polar surface area (TPSA) is 46.5 Å². The van der Waals surface area contributed by atoms with Crippen molar-refractivity contribution in [3.63, 3.8) is 0 Å². The number of hydrogen-bond acceptors (Lipinski definition) is 2. The largest absolute Gasteiger partial charge is 0.505 e. The van der Waals surface area contributed by atoms with E-state index in [2.05, 4.69) is 11.3 Å². The van der Waals surface area contributed by atoms with E-state index in [0.717, 1.165) is 11.1 Å². The van der Waals surface area contributed by atoms with Gasteiger partial charge in [0.2, 0.25) is 0 Å². The highest BCUT2D eigenvalue weighted by molar-refractivity contribution is 5.56. The molecule has 15 heavy (non-hydrogen) atoms. The average Bonchev–Trinajstić information content (AvgIpc) is 2.21. The Hall–Kier alpha value is -1.77. The SMILES string of the molecule is C=CC(COC(=O)O)c1ccccc1C. The molecule has 0 aromatic heterocycles. The smallest absolute Gasteiger partial charge is 0.450 e. The number of rotatable bonds is 4. The molecule has 0 aliphatic heterocycles. The molecule has 0 fully saturated rings. The van der Waals surface area contributed by atoms with Gasteiger partial charge >= 0.3 is 6.16 Å². The summed E-state index contributed by atoms with van der Waals surface area (Å²) in [5.41, 5.74) is 2.16. The maximum absolute atomic E-state index is 10.3. The predicted molar refractivity (Wildman–Crippen MR) is 58.1 cm³/mol.